The molecule has 0 aromatic heterocycles. The van der Waals surface area contributed by atoms with Crippen molar-refractivity contribution in [3.05, 3.63) is 0 Å². The lowest BCUT2D eigenvalue weighted by molar-refractivity contribution is -0.126. The van der Waals surface area contributed by atoms with Gasteiger partial charge in [-0.25, -0.2) is 16.8 Å². The van der Waals surface area contributed by atoms with Gasteiger partial charge < -0.3 is 10.6 Å². The minimum Gasteiger partial charge on any atom is -0.351 e. The van der Waals surface area contributed by atoms with Gasteiger partial charge in [0.15, 0.2) is 0 Å². The molecule has 0 saturated carbocycles. The van der Waals surface area contributed by atoms with E-state index >= 15 is 0 Å². The molecule has 0 aromatic carbocycles. The molecule has 8 nitrogen and oxygen atoms in total. The van der Waals surface area contributed by atoms with Crippen LogP contribution >= 0.6 is 0 Å². The number of rotatable bonds is 6. The highest BCUT2D eigenvalue weighted by Crippen LogP contribution is 2.06. The van der Waals surface area contributed by atoms with Crippen molar-refractivity contribution >= 4 is 31.5 Å². The number of hydrogen-bond donors (Lipinski definition) is 2. The Balaban J connectivity index is 0. The number of carbonyl (C=O) groups is 2. The van der Waals surface area contributed by atoms with Gasteiger partial charge in [-0.1, -0.05) is 13.8 Å². The Morgan fingerprint density at radius 2 is 0.893 bits per heavy atom. The third-order valence-electron chi connectivity index (χ3n) is 3.00. The van der Waals surface area contributed by atoms with Gasteiger partial charge in [0, 0.05) is 35.4 Å². The molecule has 0 aliphatic carbocycles. The van der Waals surface area contributed by atoms with Gasteiger partial charge >= 0.3 is 0 Å². The first-order valence-electron chi connectivity index (χ1n) is 9.02. The number of hydrogen-bond acceptors (Lipinski definition) is 6. The SMILES string of the molecule is C[C@@H](CS(C)(=O)=O)C(=O)NC(C)(C)C.C[C@H](CS(C)(=O)=O)C(=O)NC(C)(C)C. The third kappa shape index (κ3) is 19.6. The van der Waals surface area contributed by atoms with Crippen molar-refractivity contribution in [1.82, 2.24) is 10.6 Å². The van der Waals surface area contributed by atoms with Gasteiger partial charge in [-0.3, -0.25) is 9.59 Å². The molecule has 2 atom stereocenters. The lowest BCUT2D eigenvalue weighted by atomic mass is 10.1. The van der Waals surface area contributed by atoms with Crippen LogP contribution in [0.15, 0.2) is 0 Å². The van der Waals surface area contributed by atoms with Crippen molar-refractivity contribution in [3.63, 3.8) is 0 Å². The highest BCUT2D eigenvalue weighted by molar-refractivity contribution is 7.90. The van der Waals surface area contributed by atoms with Crippen LogP contribution in [0.2, 0.25) is 0 Å². The average Bonchev–Trinajstić information content (AvgIpc) is 2.30. The lowest BCUT2D eigenvalue weighted by Gasteiger charge is -2.22. The molecule has 0 spiro atoms. The van der Waals surface area contributed by atoms with E-state index in [1.807, 2.05) is 41.5 Å². The van der Waals surface area contributed by atoms with Crippen LogP contribution in [-0.2, 0) is 29.3 Å². The van der Waals surface area contributed by atoms with E-state index in [9.17, 15) is 26.4 Å². The summed E-state index contributed by atoms with van der Waals surface area (Å²) >= 11 is 0. The fourth-order valence-corrected chi connectivity index (χ4v) is 4.16. The summed E-state index contributed by atoms with van der Waals surface area (Å²) in [6, 6.07) is 0. The first-order valence-corrected chi connectivity index (χ1v) is 13.1. The number of nitrogens with one attached hydrogen (secondary N) is 2. The lowest BCUT2D eigenvalue weighted by Crippen LogP contribution is -2.44. The van der Waals surface area contributed by atoms with E-state index in [0.29, 0.717) is 0 Å². The summed E-state index contributed by atoms with van der Waals surface area (Å²) in [6.45, 7) is 14.4. The van der Waals surface area contributed by atoms with Crippen LogP contribution in [-0.4, -0.2) is 63.7 Å². The second-order valence-corrected chi connectivity index (χ2v) is 13.8. The van der Waals surface area contributed by atoms with Crippen LogP contribution < -0.4 is 10.6 Å². The van der Waals surface area contributed by atoms with E-state index < -0.39 is 31.5 Å². The quantitative estimate of drug-likeness (QED) is 0.636. The summed E-state index contributed by atoms with van der Waals surface area (Å²) in [5, 5.41) is 5.48. The van der Waals surface area contributed by atoms with Crippen LogP contribution in [0.4, 0.5) is 0 Å². The zero-order valence-electron chi connectivity index (χ0n) is 18.8. The van der Waals surface area contributed by atoms with Crippen molar-refractivity contribution in [2.24, 2.45) is 11.8 Å². The molecule has 10 heteroatoms. The second kappa shape index (κ2) is 10.6. The van der Waals surface area contributed by atoms with E-state index in [0.717, 1.165) is 12.5 Å². The topological polar surface area (TPSA) is 126 Å². The van der Waals surface area contributed by atoms with Crippen molar-refractivity contribution < 1.29 is 26.4 Å². The molecule has 28 heavy (non-hydrogen) atoms. The molecule has 2 amide bonds. The summed E-state index contributed by atoms with van der Waals surface area (Å²) in [5.74, 6) is -1.64. The third-order valence-corrected chi connectivity index (χ3v) is 5.21. The Morgan fingerprint density at radius 1 is 0.679 bits per heavy atom. The Bertz CT molecular complexity index is 665. The normalized spacial score (nSPS) is 14.9. The summed E-state index contributed by atoms with van der Waals surface area (Å²) in [4.78, 5) is 22.9. The molecule has 0 unspecified atom stereocenters. The fraction of sp³-hybridized carbons (Fsp3) is 0.889. The maximum Gasteiger partial charge on any atom is 0.224 e. The molecule has 0 heterocycles. The summed E-state index contributed by atoms with van der Waals surface area (Å²) in [6.07, 6.45) is 2.27. The van der Waals surface area contributed by atoms with Gasteiger partial charge in [-0.05, 0) is 41.5 Å². The molecule has 2 N–H and O–H groups in total. The monoisotopic (exact) mass is 442 g/mol. The Labute approximate surface area is 171 Å². The largest absolute Gasteiger partial charge is 0.351 e. The van der Waals surface area contributed by atoms with E-state index in [4.69, 9.17) is 0 Å². The Morgan fingerprint density at radius 3 is 1.04 bits per heavy atom. The molecule has 0 fully saturated rings. The average molecular weight is 443 g/mol. The Hall–Kier alpha value is -1.16. The maximum absolute atomic E-state index is 11.5. The van der Waals surface area contributed by atoms with Crippen molar-refractivity contribution in [2.75, 3.05) is 24.0 Å². The van der Waals surface area contributed by atoms with Gasteiger partial charge in [0.05, 0.1) is 11.5 Å². The van der Waals surface area contributed by atoms with Gasteiger partial charge in [0.1, 0.15) is 19.7 Å². The molecule has 0 radical (unpaired) electrons. The second-order valence-electron chi connectivity index (χ2n) is 9.47. The maximum atomic E-state index is 11.5. The van der Waals surface area contributed by atoms with Gasteiger partial charge in [0.25, 0.3) is 0 Å². The highest BCUT2D eigenvalue weighted by Gasteiger charge is 2.23. The number of amides is 2. The van der Waals surface area contributed by atoms with Gasteiger partial charge in [-0.2, -0.15) is 0 Å². The van der Waals surface area contributed by atoms with Crippen molar-refractivity contribution in [1.29, 1.82) is 0 Å². The molecule has 0 aromatic rings. The first-order chi connectivity index (χ1) is 12.0. The molecule has 0 rings (SSSR count). The van der Waals surface area contributed by atoms with E-state index in [2.05, 4.69) is 10.6 Å². The minimum absolute atomic E-state index is 0.102. The van der Waals surface area contributed by atoms with Crippen LogP contribution in [0.1, 0.15) is 55.4 Å². The minimum atomic E-state index is -3.08. The molecule has 168 valence electrons. The molecule has 0 bridgehead atoms. The van der Waals surface area contributed by atoms with E-state index in [1.54, 1.807) is 13.8 Å². The fourth-order valence-electron chi connectivity index (χ4n) is 2.05. The van der Waals surface area contributed by atoms with Crippen LogP contribution in [0.3, 0.4) is 0 Å². The van der Waals surface area contributed by atoms with E-state index in [-0.39, 0.29) is 34.4 Å². The predicted octanol–water partition coefficient (Wildman–Crippen LogP) is 1.16. The van der Waals surface area contributed by atoms with Gasteiger partial charge in [-0.15, -0.1) is 0 Å². The molecule has 0 aliphatic rings. The molecular weight excluding hydrogens is 404 g/mol. The standard InChI is InChI=1S/2C9H19NO3S/c2*1-7(6-14(5,12)13)8(11)10-9(2,3)4/h2*7H,6H2,1-5H3,(H,10,11)/t2*7-/m10/s1. The summed E-state index contributed by atoms with van der Waals surface area (Å²) < 4.78 is 43.7. The molecular formula is C18H38N2O6S2. The number of sulfone groups is 2. The van der Waals surface area contributed by atoms with Gasteiger partial charge in [0.2, 0.25) is 11.8 Å². The van der Waals surface area contributed by atoms with Crippen LogP contribution in [0.25, 0.3) is 0 Å². The summed E-state index contributed by atoms with van der Waals surface area (Å²) in [7, 11) is -6.17. The van der Waals surface area contributed by atoms with Crippen LogP contribution in [0, 0.1) is 11.8 Å². The van der Waals surface area contributed by atoms with E-state index in [1.165, 1.54) is 0 Å². The summed E-state index contributed by atoms with van der Waals surface area (Å²) in [5.41, 5.74) is -0.633. The number of carbonyl (C=O) groups excluding carboxylic acids is 2. The smallest absolute Gasteiger partial charge is 0.224 e. The molecule has 0 aliphatic heterocycles. The zero-order valence-corrected chi connectivity index (χ0v) is 20.5. The van der Waals surface area contributed by atoms with Crippen molar-refractivity contribution in [3.8, 4) is 0 Å². The Kier molecular flexibility index (Phi) is 11.0. The zero-order chi connectivity index (χ0) is 23.1. The highest BCUT2D eigenvalue weighted by atomic mass is 32.2. The molecule has 0 saturated heterocycles. The first kappa shape index (κ1) is 29.0. The van der Waals surface area contributed by atoms with Crippen LogP contribution in [0.5, 0.6) is 0 Å². The van der Waals surface area contributed by atoms with Crippen molar-refractivity contribution in [2.45, 2.75) is 66.5 Å². The predicted molar refractivity (Wildman–Crippen MR) is 114 cm³/mol.